The topological polar surface area (TPSA) is 45.1 Å². The Bertz CT molecular complexity index is 1290. The normalized spacial score (nSPS) is 12.8. The molecule has 0 aliphatic carbocycles. The molecule has 0 bridgehead atoms. The van der Waals surface area contributed by atoms with Gasteiger partial charge >= 0.3 is 0 Å². The lowest BCUT2D eigenvalue weighted by atomic mass is 9.97. The van der Waals surface area contributed by atoms with Crippen molar-refractivity contribution in [2.75, 3.05) is 0 Å². The summed E-state index contributed by atoms with van der Waals surface area (Å²) < 4.78 is 0. The molecular weight excluding hydrogens is 392 g/mol. The Balaban J connectivity index is 1.87. The average molecular weight is 421 g/mol. The van der Waals surface area contributed by atoms with E-state index in [0.717, 1.165) is 45.3 Å². The van der Waals surface area contributed by atoms with Crippen LogP contribution in [0.15, 0.2) is 96.8 Å². The van der Waals surface area contributed by atoms with Crippen LogP contribution in [0, 0.1) is 0 Å². The molecular formula is C29H28N2O. The third-order valence-corrected chi connectivity index (χ3v) is 5.87. The molecule has 32 heavy (non-hydrogen) atoms. The summed E-state index contributed by atoms with van der Waals surface area (Å²) in [5, 5.41) is 15.7. The van der Waals surface area contributed by atoms with Crippen LogP contribution < -0.4 is 5.32 Å². The molecule has 0 spiro atoms. The fraction of sp³-hybridized carbons (Fsp3) is 0.138. The van der Waals surface area contributed by atoms with Crippen LogP contribution in [0.25, 0.3) is 27.7 Å². The van der Waals surface area contributed by atoms with E-state index >= 15 is 0 Å². The first kappa shape index (κ1) is 21.4. The van der Waals surface area contributed by atoms with Crippen molar-refractivity contribution in [2.45, 2.75) is 27.2 Å². The Morgan fingerprint density at radius 2 is 1.41 bits per heavy atom. The zero-order valence-electron chi connectivity index (χ0n) is 18.8. The summed E-state index contributed by atoms with van der Waals surface area (Å²) in [5.74, 6) is 0.282. The molecule has 4 rings (SSSR count). The van der Waals surface area contributed by atoms with Gasteiger partial charge in [-0.25, -0.2) is 0 Å². The van der Waals surface area contributed by atoms with Crippen LogP contribution in [0.1, 0.15) is 43.9 Å². The fourth-order valence-electron chi connectivity index (χ4n) is 3.84. The average Bonchev–Trinajstić information content (AvgIpc) is 2.84. The van der Waals surface area contributed by atoms with Gasteiger partial charge in [-0.2, -0.15) is 0 Å². The third kappa shape index (κ3) is 4.57. The van der Waals surface area contributed by atoms with E-state index in [0.29, 0.717) is 0 Å². The van der Waals surface area contributed by atoms with Gasteiger partial charge in [-0.1, -0.05) is 55.5 Å². The van der Waals surface area contributed by atoms with Crippen molar-refractivity contribution >= 4 is 27.7 Å². The molecule has 0 fully saturated rings. The summed E-state index contributed by atoms with van der Waals surface area (Å²) in [5.41, 5.74) is 8.00. The van der Waals surface area contributed by atoms with Gasteiger partial charge in [-0.05, 0) is 83.6 Å². The Kier molecular flexibility index (Phi) is 6.37. The van der Waals surface area contributed by atoms with Crippen molar-refractivity contribution in [1.29, 1.82) is 0 Å². The molecule has 0 aliphatic rings. The Labute approximate surface area is 189 Å². The van der Waals surface area contributed by atoms with E-state index in [1.165, 1.54) is 11.1 Å². The molecule has 0 unspecified atom stereocenters. The predicted molar refractivity (Wildman–Crippen MR) is 135 cm³/mol. The molecule has 3 heteroatoms. The minimum atomic E-state index is 0.282. The lowest BCUT2D eigenvalue weighted by Gasteiger charge is -2.21. The van der Waals surface area contributed by atoms with E-state index in [-0.39, 0.29) is 5.75 Å². The summed E-state index contributed by atoms with van der Waals surface area (Å²) in [7, 11) is 0. The molecule has 0 amide bonds. The monoisotopic (exact) mass is 420 g/mol. The zero-order valence-corrected chi connectivity index (χ0v) is 18.8. The predicted octanol–water partition coefficient (Wildman–Crippen LogP) is 7.26. The number of phenols is 1. The van der Waals surface area contributed by atoms with E-state index in [9.17, 15) is 5.11 Å². The van der Waals surface area contributed by atoms with Crippen molar-refractivity contribution in [3.8, 4) is 5.75 Å². The molecule has 0 saturated carbocycles. The van der Waals surface area contributed by atoms with Gasteiger partial charge in [-0.3, -0.25) is 4.98 Å². The van der Waals surface area contributed by atoms with Gasteiger partial charge in [-0.15, -0.1) is 0 Å². The maximum absolute atomic E-state index is 9.80. The number of allylic oxidation sites excluding steroid dienone is 2. The van der Waals surface area contributed by atoms with E-state index < -0.39 is 0 Å². The second-order valence-corrected chi connectivity index (χ2v) is 7.98. The lowest BCUT2D eigenvalue weighted by Crippen LogP contribution is -2.14. The maximum atomic E-state index is 9.80. The summed E-state index contributed by atoms with van der Waals surface area (Å²) in [6.45, 7) is 6.51. The fourth-order valence-corrected chi connectivity index (χ4v) is 3.84. The number of hydrogen-bond donors (Lipinski definition) is 2. The minimum Gasteiger partial charge on any atom is -0.508 e. The van der Waals surface area contributed by atoms with Crippen LogP contribution in [-0.4, -0.2) is 10.1 Å². The van der Waals surface area contributed by atoms with Gasteiger partial charge in [0, 0.05) is 29.4 Å². The second-order valence-electron chi connectivity index (χ2n) is 7.98. The molecule has 0 aliphatic heterocycles. The van der Waals surface area contributed by atoms with Gasteiger partial charge in [0.05, 0.1) is 0 Å². The van der Waals surface area contributed by atoms with Crippen LogP contribution in [0.4, 0.5) is 0 Å². The van der Waals surface area contributed by atoms with Gasteiger partial charge < -0.3 is 10.4 Å². The number of nitrogens with one attached hydrogen (secondary N) is 1. The molecule has 4 aromatic rings. The first-order valence-electron chi connectivity index (χ1n) is 10.9. The van der Waals surface area contributed by atoms with Gasteiger partial charge in [0.2, 0.25) is 0 Å². The van der Waals surface area contributed by atoms with Crippen LogP contribution >= 0.6 is 0 Å². The Morgan fingerprint density at radius 3 is 2.12 bits per heavy atom. The van der Waals surface area contributed by atoms with Crippen molar-refractivity contribution in [1.82, 2.24) is 10.3 Å². The standard InChI is InChI=1S/C29H28N2O/c1-4-20(2)28(22-8-6-5-7-9-22)31-29(23-14-16-30-17-15-23)21(3)24-10-11-26-19-27(32)13-12-25(26)18-24/h5-19,31-32H,4H2,1-3H3/b28-20+,29-21+. The third-order valence-electron chi connectivity index (χ3n) is 5.87. The maximum Gasteiger partial charge on any atom is 0.116 e. The summed E-state index contributed by atoms with van der Waals surface area (Å²) in [6, 6.07) is 26.4. The molecule has 0 atom stereocenters. The van der Waals surface area contributed by atoms with Gasteiger partial charge in [0.1, 0.15) is 5.75 Å². The molecule has 1 heterocycles. The Hall–Kier alpha value is -3.85. The number of fused-ring (bicyclic) bond motifs is 1. The summed E-state index contributed by atoms with van der Waals surface area (Å²) in [6.07, 6.45) is 4.61. The first-order chi connectivity index (χ1) is 15.6. The van der Waals surface area contributed by atoms with Crippen LogP contribution in [0.2, 0.25) is 0 Å². The molecule has 160 valence electrons. The Morgan fingerprint density at radius 1 is 0.750 bits per heavy atom. The quantitative estimate of drug-likeness (QED) is 0.345. The molecule has 0 saturated heterocycles. The highest BCUT2D eigenvalue weighted by Gasteiger charge is 2.13. The number of rotatable bonds is 6. The SMILES string of the molecule is CC/C(C)=C(/N/C(=C(\C)c1ccc2cc(O)ccc2c1)c1ccncc1)c1ccccc1. The summed E-state index contributed by atoms with van der Waals surface area (Å²) in [4.78, 5) is 4.21. The van der Waals surface area contributed by atoms with E-state index in [2.05, 4.69) is 73.5 Å². The molecule has 1 aromatic heterocycles. The van der Waals surface area contributed by atoms with Crippen LogP contribution in [0.3, 0.4) is 0 Å². The largest absolute Gasteiger partial charge is 0.508 e. The van der Waals surface area contributed by atoms with Crippen LogP contribution in [-0.2, 0) is 0 Å². The van der Waals surface area contributed by atoms with E-state index in [4.69, 9.17) is 0 Å². The van der Waals surface area contributed by atoms with Gasteiger partial charge in [0.25, 0.3) is 0 Å². The molecule has 3 aromatic carbocycles. The van der Waals surface area contributed by atoms with E-state index in [1.54, 1.807) is 12.1 Å². The number of benzene rings is 3. The highest BCUT2D eigenvalue weighted by atomic mass is 16.3. The van der Waals surface area contributed by atoms with Crippen molar-refractivity contribution in [2.24, 2.45) is 0 Å². The number of pyridine rings is 1. The molecule has 2 N–H and O–H groups in total. The summed E-state index contributed by atoms with van der Waals surface area (Å²) >= 11 is 0. The molecule has 3 nitrogen and oxygen atoms in total. The highest BCUT2D eigenvalue weighted by Crippen LogP contribution is 2.30. The zero-order chi connectivity index (χ0) is 22.5. The number of phenolic OH excluding ortho intramolecular Hbond substituents is 1. The smallest absolute Gasteiger partial charge is 0.116 e. The number of aromatic hydroxyl groups is 1. The van der Waals surface area contributed by atoms with Crippen molar-refractivity contribution in [3.05, 3.63) is 114 Å². The minimum absolute atomic E-state index is 0.282. The highest BCUT2D eigenvalue weighted by molar-refractivity contribution is 5.96. The number of aromatic nitrogens is 1. The van der Waals surface area contributed by atoms with Crippen molar-refractivity contribution in [3.63, 3.8) is 0 Å². The van der Waals surface area contributed by atoms with Gasteiger partial charge in [0.15, 0.2) is 0 Å². The second kappa shape index (κ2) is 9.52. The van der Waals surface area contributed by atoms with E-state index in [1.807, 2.05) is 36.7 Å². The number of hydrogen-bond acceptors (Lipinski definition) is 3. The lowest BCUT2D eigenvalue weighted by molar-refractivity contribution is 0.476. The first-order valence-corrected chi connectivity index (χ1v) is 10.9. The van der Waals surface area contributed by atoms with Crippen LogP contribution in [0.5, 0.6) is 5.75 Å². The number of nitrogens with zero attached hydrogens (tertiary/aromatic N) is 1. The van der Waals surface area contributed by atoms with Crippen molar-refractivity contribution < 1.29 is 5.11 Å². The molecule has 0 radical (unpaired) electrons.